The summed E-state index contributed by atoms with van der Waals surface area (Å²) in [6, 6.07) is 0.00895. The van der Waals surface area contributed by atoms with Crippen LogP contribution < -0.4 is 0 Å². The summed E-state index contributed by atoms with van der Waals surface area (Å²) in [5, 5.41) is 24.6. The van der Waals surface area contributed by atoms with Crippen LogP contribution in [0.3, 0.4) is 0 Å². The molecule has 0 aliphatic carbocycles. The molecule has 3 unspecified atom stereocenters. The summed E-state index contributed by atoms with van der Waals surface area (Å²) in [4.78, 5) is 44.1. The molecule has 8 nitrogen and oxygen atoms in total. The van der Waals surface area contributed by atoms with Gasteiger partial charge in [0.2, 0.25) is 6.41 Å². The second-order valence-corrected chi connectivity index (χ2v) is 12.1. The van der Waals surface area contributed by atoms with E-state index in [0.717, 1.165) is 41.9 Å². The third-order valence-electron chi connectivity index (χ3n) is 7.99. The van der Waals surface area contributed by atoms with E-state index in [1.165, 1.54) is 11.3 Å². The van der Waals surface area contributed by atoms with Crippen LogP contribution in [0.4, 0.5) is 0 Å². The van der Waals surface area contributed by atoms with Gasteiger partial charge in [-0.15, -0.1) is 11.3 Å². The Bertz CT molecular complexity index is 989. The van der Waals surface area contributed by atoms with E-state index in [4.69, 9.17) is 4.74 Å². The van der Waals surface area contributed by atoms with Crippen molar-refractivity contribution in [2.24, 2.45) is 17.3 Å². The van der Waals surface area contributed by atoms with Crippen molar-refractivity contribution in [1.82, 2.24) is 9.88 Å². The SMILES string of the molecule is C/C(=C\c1csc(C)n1)C1C[C@H]2[C@@H](CCCC(C)[C@H](O)[C@@H](C)C(=O)C(C)(C)C(O)CC(=O)O1)N2C=O. The number of aryl methyl sites for hydroxylation is 1. The van der Waals surface area contributed by atoms with E-state index in [1.807, 2.05) is 32.2 Å². The number of fused-ring (bicyclic) bond motifs is 1. The highest BCUT2D eigenvalue weighted by molar-refractivity contribution is 7.09. The van der Waals surface area contributed by atoms with E-state index >= 15 is 0 Å². The van der Waals surface area contributed by atoms with Gasteiger partial charge in [0, 0.05) is 17.7 Å². The Morgan fingerprint density at radius 2 is 1.92 bits per heavy atom. The van der Waals surface area contributed by atoms with Crippen molar-refractivity contribution in [2.45, 2.75) is 104 Å². The Morgan fingerprint density at radius 1 is 1.22 bits per heavy atom. The molecule has 1 aromatic rings. The number of thiazole rings is 1. The van der Waals surface area contributed by atoms with Crippen LogP contribution in [-0.4, -0.2) is 68.7 Å². The quantitative estimate of drug-likeness (QED) is 0.356. The standard InChI is InChI=1S/C27H40N2O6S/c1-15-8-7-9-20-21(29(20)14-30)11-22(16(2)10-19-13-36-18(4)28-19)35-24(32)12-23(31)27(5,6)26(34)17(3)25(15)33/h10,13-15,17,20-23,25,31,33H,7-9,11-12H2,1-6H3/b16-10+/t15?,17-,20-,21+,22?,23?,25+,29?/m1/s1. The summed E-state index contributed by atoms with van der Waals surface area (Å²) in [7, 11) is 0. The molecule has 1 aromatic heterocycles. The van der Waals surface area contributed by atoms with Crippen LogP contribution in [0.15, 0.2) is 11.0 Å². The lowest BCUT2D eigenvalue weighted by atomic mass is 9.73. The normalized spacial score (nSPS) is 34.6. The van der Waals surface area contributed by atoms with Crippen LogP contribution in [0, 0.1) is 24.2 Å². The number of nitrogens with zero attached hydrogens (tertiary/aromatic N) is 2. The van der Waals surface area contributed by atoms with E-state index < -0.39 is 35.6 Å². The zero-order valence-electron chi connectivity index (χ0n) is 22.1. The molecule has 2 saturated heterocycles. The lowest BCUT2D eigenvalue weighted by Crippen LogP contribution is -2.45. The molecule has 2 fully saturated rings. The van der Waals surface area contributed by atoms with Gasteiger partial charge in [-0.2, -0.15) is 0 Å². The number of amides is 1. The summed E-state index contributed by atoms with van der Waals surface area (Å²) in [6.45, 7) is 10.6. The van der Waals surface area contributed by atoms with Gasteiger partial charge < -0.3 is 19.8 Å². The molecule has 3 rings (SSSR count). The number of Topliss-reactive ketones (excluding diaryl/α,β-unsaturated/α-hetero) is 1. The third-order valence-corrected chi connectivity index (χ3v) is 8.78. The number of ether oxygens (including phenoxy) is 1. The maximum atomic E-state index is 13.2. The Hall–Kier alpha value is -2.10. The number of hydrogen-bond donors (Lipinski definition) is 2. The number of aliphatic hydroxyl groups excluding tert-OH is 2. The highest BCUT2D eigenvalue weighted by Gasteiger charge is 2.48. The van der Waals surface area contributed by atoms with Crippen LogP contribution in [0.5, 0.6) is 0 Å². The van der Waals surface area contributed by atoms with Crippen molar-refractivity contribution in [3.8, 4) is 0 Å². The molecule has 3 heterocycles. The maximum absolute atomic E-state index is 13.2. The number of cyclic esters (lactones) is 1. The van der Waals surface area contributed by atoms with Crippen molar-refractivity contribution in [3.05, 3.63) is 21.7 Å². The molecule has 0 aromatic carbocycles. The maximum Gasteiger partial charge on any atom is 0.309 e. The van der Waals surface area contributed by atoms with Gasteiger partial charge >= 0.3 is 5.97 Å². The first-order valence-electron chi connectivity index (χ1n) is 12.8. The van der Waals surface area contributed by atoms with Crippen LogP contribution in [0.1, 0.15) is 77.4 Å². The summed E-state index contributed by atoms with van der Waals surface area (Å²) < 4.78 is 5.85. The zero-order chi connectivity index (χ0) is 26.8. The number of esters is 1. The number of carbonyl (C=O) groups excluding carboxylic acids is 3. The number of hydrogen-bond acceptors (Lipinski definition) is 8. The molecule has 9 heteroatoms. The molecule has 0 spiro atoms. The van der Waals surface area contributed by atoms with Gasteiger partial charge in [-0.05, 0) is 44.3 Å². The second-order valence-electron chi connectivity index (χ2n) is 11.1. The number of carbonyl (C=O) groups is 3. The van der Waals surface area contributed by atoms with E-state index in [9.17, 15) is 24.6 Å². The van der Waals surface area contributed by atoms with Crippen LogP contribution in [-0.2, 0) is 19.1 Å². The average Bonchev–Trinajstić information content (AvgIpc) is 3.32. The lowest BCUT2D eigenvalue weighted by molar-refractivity contribution is -0.154. The summed E-state index contributed by atoms with van der Waals surface area (Å²) in [5.41, 5.74) is 0.359. The zero-order valence-corrected chi connectivity index (χ0v) is 23.0. The molecule has 2 N–H and O–H groups in total. The molecular formula is C27H40N2O6S. The smallest absolute Gasteiger partial charge is 0.309 e. The Labute approximate surface area is 217 Å². The van der Waals surface area contributed by atoms with E-state index in [-0.39, 0.29) is 30.2 Å². The van der Waals surface area contributed by atoms with Gasteiger partial charge in [0.05, 0.1) is 46.8 Å². The summed E-state index contributed by atoms with van der Waals surface area (Å²) in [5.74, 6) is -1.70. The molecule has 7 atom stereocenters. The number of aliphatic hydroxyl groups is 2. The molecule has 1 amide bonds. The fourth-order valence-electron chi connectivity index (χ4n) is 5.29. The van der Waals surface area contributed by atoms with Gasteiger partial charge in [-0.1, -0.05) is 34.1 Å². The van der Waals surface area contributed by atoms with Crippen molar-refractivity contribution in [3.63, 3.8) is 0 Å². The summed E-state index contributed by atoms with van der Waals surface area (Å²) >= 11 is 1.53. The Balaban J connectivity index is 1.88. The van der Waals surface area contributed by atoms with Gasteiger partial charge in [0.1, 0.15) is 11.9 Å². The van der Waals surface area contributed by atoms with Crippen molar-refractivity contribution < 1.29 is 29.3 Å². The van der Waals surface area contributed by atoms with E-state index in [0.29, 0.717) is 6.42 Å². The monoisotopic (exact) mass is 520 g/mol. The number of rotatable bonds is 3. The molecule has 0 bridgehead atoms. The predicted octanol–water partition coefficient (Wildman–Crippen LogP) is 3.53. The average molecular weight is 521 g/mol. The largest absolute Gasteiger partial charge is 0.458 e. The Kier molecular flexibility index (Phi) is 9.11. The van der Waals surface area contributed by atoms with Crippen molar-refractivity contribution in [1.29, 1.82) is 0 Å². The molecule has 2 aliphatic heterocycles. The van der Waals surface area contributed by atoms with Crippen molar-refractivity contribution in [2.75, 3.05) is 0 Å². The third kappa shape index (κ3) is 6.42. The highest BCUT2D eigenvalue weighted by atomic mass is 32.1. The van der Waals surface area contributed by atoms with Gasteiger partial charge in [0.25, 0.3) is 0 Å². The Morgan fingerprint density at radius 3 is 2.53 bits per heavy atom. The number of aromatic nitrogens is 1. The molecule has 0 saturated carbocycles. The molecule has 2 aliphatic rings. The first kappa shape index (κ1) is 28.5. The van der Waals surface area contributed by atoms with Crippen molar-refractivity contribution >= 4 is 35.6 Å². The van der Waals surface area contributed by atoms with Gasteiger partial charge in [-0.3, -0.25) is 14.4 Å². The van der Waals surface area contributed by atoms with E-state index in [2.05, 4.69) is 4.98 Å². The summed E-state index contributed by atoms with van der Waals surface area (Å²) in [6.07, 6.45) is 2.43. The molecular weight excluding hydrogens is 480 g/mol. The number of ketones is 1. The minimum absolute atomic E-state index is 0.0455. The van der Waals surface area contributed by atoms with Crippen LogP contribution >= 0.6 is 11.3 Å². The predicted molar refractivity (Wildman–Crippen MR) is 138 cm³/mol. The molecule has 200 valence electrons. The van der Waals surface area contributed by atoms with E-state index in [1.54, 1.807) is 25.7 Å². The van der Waals surface area contributed by atoms with Crippen LogP contribution in [0.2, 0.25) is 0 Å². The van der Waals surface area contributed by atoms with Gasteiger partial charge in [-0.25, -0.2) is 4.98 Å². The topological polar surface area (TPSA) is 117 Å². The molecule has 0 radical (unpaired) electrons. The fourth-order valence-corrected chi connectivity index (χ4v) is 5.86. The minimum atomic E-state index is -1.26. The lowest BCUT2D eigenvalue weighted by Gasteiger charge is -2.34. The first-order chi connectivity index (χ1) is 16.9. The highest BCUT2D eigenvalue weighted by Crippen LogP contribution is 2.38. The molecule has 36 heavy (non-hydrogen) atoms. The minimum Gasteiger partial charge on any atom is -0.458 e. The fraction of sp³-hybridized carbons (Fsp3) is 0.704. The van der Waals surface area contributed by atoms with Crippen LogP contribution in [0.25, 0.3) is 6.08 Å². The second kappa shape index (κ2) is 11.5. The van der Waals surface area contributed by atoms with Gasteiger partial charge in [0.15, 0.2) is 0 Å². The first-order valence-corrected chi connectivity index (χ1v) is 13.7.